The molecule has 0 saturated carbocycles. The second-order valence-electron chi connectivity index (χ2n) is 3.78. The predicted octanol–water partition coefficient (Wildman–Crippen LogP) is 2.57. The van der Waals surface area contributed by atoms with Gasteiger partial charge in [0.15, 0.2) is 0 Å². The highest BCUT2D eigenvalue weighted by atomic mass is 32.1. The van der Waals surface area contributed by atoms with Crippen LogP contribution in [0, 0.1) is 5.82 Å². The summed E-state index contributed by atoms with van der Waals surface area (Å²) in [7, 11) is 0. The second kappa shape index (κ2) is 5.84. The highest BCUT2D eigenvalue weighted by molar-refractivity contribution is 6.99. The van der Waals surface area contributed by atoms with Crippen LogP contribution in [0.3, 0.4) is 0 Å². The largest absolute Gasteiger partial charge is 0.309 e. The molecule has 1 aromatic heterocycles. The van der Waals surface area contributed by atoms with Crippen LogP contribution >= 0.6 is 11.7 Å². The zero-order valence-electron chi connectivity index (χ0n) is 9.56. The molecule has 1 heterocycles. The van der Waals surface area contributed by atoms with Crippen LogP contribution < -0.4 is 5.32 Å². The molecule has 0 aliphatic carbocycles. The van der Waals surface area contributed by atoms with Gasteiger partial charge in [0.1, 0.15) is 5.82 Å². The first kappa shape index (κ1) is 12.1. The molecule has 2 aromatic rings. The molecule has 1 aromatic carbocycles. The van der Waals surface area contributed by atoms with Gasteiger partial charge in [0, 0.05) is 0 Å². The minimum atomic E-state index is -0.200. The summed E-state index contributed by atoms with van der Waals surface area (Å²) in [5.41, 5.74) is 1.88. The van der Waals surface area contributed by atoms with Crippen molar-refractivity contribution in [3.63, 3.8) is 0 Å². The van der Waals surface area contributed by atoms with Gasteiger partial charge in [-0.15, -0.1) is 0 Å². The molecule has 2 rings (SSSR count). The van der Waals surface area contributed by atoms with E-state index in [9.17, 15) is 4.39 Å². The van der Waals surface area contributed by atoms with E-state index >= 15 is 0 Å². The van der Waals surface area contributed by atoms with Gasteiger partial charge in [-0.2, -0.15) is 8.75 Å². The fraction of sp³-hybridized carbons (Fsp3) is 0.333. The molecule has 0 amide bonds. The van der Waals surface area contributed by atoms with Crippen molar-refractivity contribution in [3.8, 4) is 0 Å². The summed E-state index contributed by atoms with van der Waals surface area (Å²) in [5, 5.41) is 3.33. The highest BCUT2D eigenvalue weighted by Crippen LogP contribution is 2.17. The zero-order chi connectivity index (χ0) is 12.1. The van der Waals surface area contributed by atoms with Gasteiger partial charge in [0.05, 0.1) is 29.7 Å². The predicted molar refractivity (Wildman–Crippen MR) is 66.4 cm³/mol. The Morgan fingerprint density at radius 1 is 1.47 bits per heavy atom. The molecule has 1 atom stereocenters. The Bertz CT molecular complexity index is 459. The maximum atomic E-state index is 13.1. The Morgan fingerprint density at radius 3 is 3.00 bits per heavy atom. The van der Waals surface area contributed by atoms with Crippen LogP contribution in [0.1, 0.15) is 24.2 Å². The van der Waals surface area contributed by atoms with Crippen molar-refractivity contribution in [2.75, 3.05) is 6.54 Å². The first-order valence-corrected chi connectivity index (χ1v) is 6.28. The molecule has 1 unspecified atom stereocenters. The number of likely N-dealkylation sites (N-methyl/N-ethyl adjacent to an activating group) is 1. The average molecular weight is 251 g/mol. The van der Waals surface area contributed by atoms with Gasteiger partial charge < -0.3 is 5.32 Å². The van der Waals surface area contributed by atoms with Crippen molar-refractivity contribution in [2.24, 2.45) is 0 Å². The number of rotatable bonds is 5. The molecule has 0 aliphatic rings. The van der Waals surface area contributed by atoms with Crippen molar-refractivity contribution >= 4 is 11.7 Å². The third kappa shape index (κ3) is 3.31. The van der Waals surface area contributed by atoms with Crippen LogP contribution in [0.2, 0.25) is 0 Å². The van der Waals surface area contributed by atoms with Crippen molar-refractivity contribution in [1.82, 2.24) is 14.1 Å². The van der Waals surface area contributed by atoms with Gasteiger partial charge in [-0.05, 0) is 30.7 Å². The summed E-state index contributed by atoms with van der Waals surface area (Å²) in [6, 6.07) is 6.76. The van der Waals surface area contributed by atoms with E-state index in [4.69, 9.17) is 0 Å². The number of nitrogens with one attached hydrogen (secondary N) is 1. The first-order valence-electron chi connectivity index (χ1n) is 5.55. The number of hydrogen-bond donors (Lipinski definition) is 1. The van der Waals surface area contributed by atoms with Crippen molar-refractivity contribution in [3.05, 3.63) is 47.5 Å². The third-order valence-electron chi connectivity index (χ3n) is 2.51. The minimum Gasteiger partial charge on any atom is -0.309 e. The van der Waals surface area contributed by atoms with Gasteiger partial charge in [-0.3, -0.25) is 0 Å². The fourth-order valence-electron chi connectivity index (χ4n) is 1.75. The normalized spacial score (nSPS) is 12.6. The van der Waals surface area contributed by atoms with E-state index in [0.29, 0.717) is 0 Å². The molecule has 0 fully saturated rings. The Hall–Kier alpha value is -1.33. The third-order valence-corrected chi connectivity index (χ3v) is 3.01. The SMILES string of the molecule is CCNC(Cc1cccc(F)c1)c1cnsn1. The minimum absolute atomic E-state index is 0.0977. The highest BCUT2D eigenvalue weighted by Gasteiger charge is 2.13. The molecule has 0 bridgehead atoms. The molecule has 90 valence electrons. The van der Waals surface area contributed by atoms with Crippen LogP contribution in [-0.2, 0) is 6.42 Å². The van der Waals surface area contributed by atoms with E-state index < -0.39 is 0 Å². The fourth-order valence-corrected chi connectivity index (χ4v) is 2.22. The van der Waals surface area contributed by atoms with E-state index in [0.717, 1.165) is 24.2 Å². The van der Waals surface area contributed by atoms with Crippen molar-refractivity contribution in [2.45, 2.75) is 19.4 Å². The summed E-state index contributed by atoms with van der Waals surface area (Å²) < 4.78 is 21.3. The lowest BCUT2D eigenvalue weighted by atomic mass is 10.0. The first-order chi connectivity index (χ1) is 8.29. The van der Waals surface area contributed by atoms with Crippen LogP contribution in [-0.4, -0.2) is 15.3 Å². The van der Waals surface area contributed by atoms with Gasteiger partial charge in [0.2, 0.25) is 0 Å². The van der Waals surface area contributed by atoms with Crippen molar-refractivity contribution < 1.29 is 4.39 Å². The summed E-state index contributed by atoms with van der Waals surface area (Å²) in [6.45, 7) is 2.88. The lowest BCUT2D eigenvalue weighted by molar-refractivity contribution is 0.537. The second-order valence-corrected chi connectivity index (χ2v) is 4.33. The molecule has 17 heavy (non-hydrogen) atoms. The Labute approximate surface area is 104 Å². The summed E-state index contributed by atoms with van der Waals surface area (Å²) in [5.74, 6) is -0.200. The zero-order valence-corrected chi connectivity index (χ0v) is 10.4. The maximum Gasteiger partial charge on any atom is 0.123 e. The maximum absolute atomic E-state index is 13.1. The van der Waals surface area contributed by atoms with E-state index in [-0.39, 0.29) is 11.9 Å². The molecule has 5 heteroatoms. The van der Waals surface area contributed by atoms with Gasteiger partial charge >= 0.3 is 0 Å². The van der Waals surface area contributed by atoms with E-state index in [2.05, 4.69) is 14.1 Å². The number of halogens is 1. The quantitative estimate of drug-likeness (QED) is 0.887. The Balaban J connectivity index is 2.13. The number of aromatic nitrogens is 2. The van der Waals surface area contributed by atoms with Gasteiger partial charge in [0.25, 0.3) is 0 Å². The summed E-state index contributed by atoms with van der Waals surface area (Å²) in [6.07, 6.45) is 2.48. The topological polar surface area (TPSA) is 37.8 Å². The molecule has 0 saturated heterocycles. The van der Waals surface area contributed by atoms with Crippen LogP contribution in [0.4, 0.5) is 4.39 Å². The van der Waals surface area contributed by atoms with E-state index in [1.807, 2.05) is 13.0 Å². The monoisotopic (exact) mass is 251 g/mol. The molecular formula is C12H14FN3S. The standard InChI is InChI=1S/C12H14FN3S/c1-2-14-11(12-8-15-17-16-12)7-9-4-3-5-10(13)6-9/h3-6,8,11,14H,2,7H2,1H3. The summed E-state index contributed by atoms with van der Waals surface area (Å²) >= 11 is 1.19. The lowest BCUT2D eigenvalue weighted by Gasteiger charge is -2.15. The van der Waals surface area contributed by atoms with E-state index in [1.165, 1.54) is 17.8 Å². The molecule has 3 nitrogen and oxygen atoms in total. The smallest absolute Gasteiger partial charge is 0.123 e. The molecule has 0 spiro atoms. The molecule has 0 aliphatic heterocycles. The van der Waals surface area contributed by atoms with Crippen LogP contribution in [0.15, 0.2) is 30.5 Å². The van der Waals surface area contributed by atoms with Crippen LogP contribution in [0.5, 0.6) is 0 Å². The lowest BCUT2D eigenvalue weighted by Crippen LogP contribution is -2.23. The summed E-state index contributed by atoms with van der Waals surface area (Å²) in [4.78, 5) is 0. The van der Waals surface area contributed by atoms with E-state index in [1.54, 1.807) is 18.3 Å². The molecular weight excluding hydrogens is 237 g/mol. The van der Waals surface area contributed by atoms with Crippen molar-refractivity contribution in [1.29, 1.82) is 0 Å². The molecule has 1 N–H and O–H groups in total. The number of hydrogen-bond acceptors (Lipinski definition) is 4. The Morgan fingerprint density at radius 2 is 2.35 bits per heavy atom. The van der Waals surface area contributed by atoms with Gasteiger partial charge in [-0.25, -0.2) is 4.39 Å². The number of benzene rings is 1. The number of nitrogens with zero attached hydrogens (tertiary/aromatic N) is 2. The average Bonchev–Trinajstić information content (AvgIpc) is 2.82. The van der Waals surface area contributed by atoms with Crippen LogP contribution in [0.25, 0.3) is 0 Å². The molecule has 0 radical (unpaired) electrons. The Kier molecular flexibility index (Phi) is 4.17. The van der Waals surface area contributed by atoms with Gasteiger partial charge in [-0.1, -0.05) is 19.1 Å².